The van der Waals surface area contributed by atoms with Crippen molar-refractivity contribution in [3.8, 4) is 0 Å². The van der Waals surface area contributed by atoms with Crippen LogP contribution in [-0.2, 0) is 11.2 Å². The second-order valence-corrected chi connectivity index (χ2v) is 5.36. The lowest BCUT2D eigenvalue weighted by molar-refractivity contribution is 0.193. The predicted octanol–water partition coefficient (Wildman–Crippen LogP) is 2.18. The van der Waals surface area contributed by atoms with E-state index in [9.17, 15) is 0 Å². The topological polar surface area (TPSA) is 38.5 Å². The third kappa shape index (κ3) is 3.00. The van der Waals surface area contributed by atoms with Gasteiger partial charge >= 0.3 is 0 Å². The molecule has 2 N–H and O–H groups in total. The maximum Gasteiger partial charge on any atom is 0.0670 e. The minimum absolute atomic E-state index is 0.487. The smallest absolute Gasteiger partial charge is 0.0670 e. The molecular weight excluding hydrogens is 280 g/mol. The third-order valence-electron chi connectivity index (χ3n) is 3.29. The number of halogens is 1. The van der Waals surface area contributed by atoms with E-state index in [1.807, 2.05) is 0 Å². The lowest BCUT2D eigenvalue weighted by atomic mass is 10.1. The number of hydrogen-bond donors (Lipinski definition) is 1. The maximum atomic E-state index is 5.67. The molecule has 0 aromatic heterocycles. The Bertz CT molecular complexity index is 378. The van der Waals surface area contributed by atoms with Crippen LogP contribution in [0.15, 0.2) is 22.7 Å². The minimum Gasteiger partial charge on any atom is -0.379 e. The highest BCUT2D eigenvalue weighted by Gasteiger charge is 2.22. The molecule has 1 atom stereocenters. The van der Waals surface area contributed by atoms with Crippen LogP contribution in [0.1, 0.15) is 12.0 Å². The summed E-state index contributed by atoms with van der Waals surface area (Å²) < 4.78 is 6.56. The second-order valence-electron chi connectivity index (χ2n) is 4.44. The molecule has 1 aliphatic heterocycles. The minimum atomic E-state index is 0.487. The Morgan fingerprint density at radius 3 is 3.00 bits per heavy atom. The number of rotatable bonds is 4. The quantitative estimate of drug-likeness (QED) is 0.926. The van der Waals surface area contributed by atoms with Crippen LogP contribution in [0.4, 0.5) is 5.69 Å². The fourth-order valence-electron chi connectivity index (χ4n) is 2.26. The van der Waals surface area contributed by atoms with Gasteiger partial charge in [0.05, 0.1) is 12.6 Å². The SMILES string of the molecule is CN(c1cc(Br)ccc1CCN)C1CCOC1. The van der Waals surface area contributed by atoms with Gasteiger partial charge in [0.2, 0.25) is 0 Å². The van der Waals surface area contributed by atoms with E-state index >= 15 is 0 Å². The molecule has 2 rings (SSSR count). The molecule has 4 heteroatoms. The Kier molecular flexibility index (Phi) is 4.42. The summed E-state index contributed by atoms with van der Waals surface area (Å²) in [5, 5.41) is 0. The summed E-state index contributed by atoms with van der Waals surface area (Å²) in [5.41, 5.74) is 8.24. The molecule has 0 saturated carbocycles. The van der Waals surface area contributed by atoms with E-state index in [2.05, 4.69) is 46.1 Å². The number of nitrogens with two attached hydrogens (primary N) is 1. The van der Waals surface area contributed by atoms with Gasteiger partial charge in [0.25, 0.3) is 0 Å². The molecule has 1 aliphatic rings. The van der Waals surface area contributed by atoms with Crippen LogP contribution in [-0.4, -0.2) is 32.8 Å². The lowest BCUT2D eigenvalue weighted by Gasteiger charge is -2.28. The summed E-state index contributed by atoms with van der Waals surface area (Å²) in [6.07, 6.45) is 2.02. The van der Waals surface area contributed by atoms with E-state index in [1.54, 1.807) is 0 Å². The monoisotopic (exact) mass is 298 g/mol. The first-order valence-corrected chi connectivity index (χ1v) is 6.80. The van der Waals surface area contributed by atoms with Crippen molar-refractivity contribution in [2.45, 2.75) is 18.9 Å². The Morgan fingerprint density at radius 2 is 2.35 bits per heavy atom. The summed E-state index contributed by atoms with van der Waals surface area (Å²) in [6.45, 7) is 2.38. The molecule has 17 heavy (non-hydrogen) atoms. The van der Waals surface area contributed by atoms with Crippen molar-refractivity contribution in [2.75, 3.05) is 31.7 Å². The Morgan fingerprint density at radius 1 is 1.53 bits per heavy atom. The van der Waals surface area contributed by atoms with Crippen LogP contribution in [0.25, 0.3) is 0 Å². The van der Waals surface area contributed by atoms with E-state index in [1.165, 1.54) is 11.3 Å². The summed E-state index contributed by atoms with van der Waals surface area (Å²) in [5.74, 6) is 0. The second kappa shape index (κ2) is 5.85. The average molecular weight is 299 g/mol. The fourth-order valence-corrected chi connectivity index (χ4v) is 2.61. The van der Waals surface area contributed by atoms with Crippen LogP contribution in [0, 0.1) is 0 Å². The highest BCUT2D eigenvalue weighted by molar-refractivity contribution is 9.10. The molecule has 0 amide bonds. The molecule has 0 aliphatic carbocycles. The zero-order chi connectivity index (χ0) is 12.3. The number of hydrogen-bond acceptors (Lipinski definition) is 3. The van der Waals surface area contributed by atoms with Gasteiger partial charge < -0.3 is 15.4 Å². The summed E-state index contributed by atoms with van der Waals surface area (Å²) >= 11 is 3.54. The third-order valence-corrected chi connectivity index (χ3v) is 3.79. The van der Waals surface area contributed by atoms with Crippen LogP contribution in [0.3, 0.4) is 0 Å². The first-order chi connectivity index (χ1) is 8.22. The Hall–Kier alpha value is -0.580. The van der Waals surface area contributed by atoms with E-state index in [0.717, 1.165) is 30.5 Å². The molecule has 1 heterocycles. The largest absolute Gasteiger partial charge is 0.379 e. The number of anilines is 1. The molecule has 3 nitrogen and oxygen atoms in total. The van der Waals surface area contributed by atoms with Crippen molar-refractivity contribution in [3.63, 3.8) is 0 Å². The van der Waals surface area contributed by atoms with Gasteiger partial charge in [-0.15, -0.1) is 0 Å². The average Bonchev–Trinajstić information content (AvgIpc) is 2.84. The summed E-state index contributed by atoms with van der Waals surface area (Å²) in [7, 11) is 2.14. The van der Waals surface area contributed by atoms with Crippen molar-refractivity contribution in [2.24, 2.45) is 5.73 Å². The van der Waals surface area contributed by atoms with E-state index < -0.39 is 0 Å². The molecule has 0 spiro atoms. The van der Waals surface area contributed by atoms with Crippen molar-refractivity contribution >= 4 is 21.6 Å². The van der Waals surface area contributed by atoms with Gasteiger partial charge in [-0.25, -0.2) is 0 Å². The number of nitrogens with zero attached hydrogens (tertiary/aromatic N) is 1. The molecular formula is C13H19BrN2O. The highest BCUT2D eigenvalue weighted by Crippen LogP contribution is 2.28. The number of ether oxygens (including phenoxy) is 1. The van der Waals surface area contributed by atoms with Gasteiger partial charge in [-0.1, -0.05) is 22.0 Å². The molecule has 1 unspecified atom stereocenters. The van der Waals surface area contributed by atoms with E-state index in [-0.39, 0.29) is 0 Å². The fraction of sp³-hybridized carbons (Fsp3) is 0.538. The first-order valence-electron chi connectivity index (χ1n) is 6.01. The van der Waals surface area contributed by atoms with Crippen LogP contribution < -0.4 is 10.6 Å². The van der Waals surface area contributed by atoms with Crippen molar-refractivity contribution in [3.05, 3.63) is 28.2 Å². The van der Waals surface area contributed by atoms with E-state index in [0.29, 0.717) is 12.6 Å². The van der Waals surface area contributed by atoms with Gasteiger partial charge in [-0.3, -0.25) is 0 Å². The molecule has 94 valence electrons. The molecule has 1 saturated heterocycles. The van der Waals surface area contributed by atoms with Gasteiger partial charge in [-0.2, -0.15) is 0 Å². The van der Waals surface area contributed by atoms with Crippen molar-refractivity contribution in [1.29, 1.82) is 0 Å². The number of benzene rings is 1. The molecule has 1 aromatic carbocycles. The Balaban J connectivity index is 2.24. The normalized spacial score (nSPS) is 19.6. The van der Waals surface area contributed by atoms with E-state index in [4.69, 9.17) is 10.5 Å². The van der Waals surface area contributed by atoms with Crippen LogP contribution >= 0.6 is 15.9 Å². The first kappa shape index (κ1) is 12.9. The molecule has 0 bridgehead atoms. The maximum absolute atomic E-state index is 5.67. The van der Waals surface area contributed by atoms with Crippen LogP contribution in [0.2, 0.25) is 0 Å². The predicted molar refractivity (Wildman–Crippen MR) is 74.5 cm³/mol. The van der Waals surface area contributed by atoms with Crippen molar-refractivity contribution in [1.82, 2.24) is 0 Å². The zero-order valence-corrected chi connectivity index (χ0v) is 11.7. The lowest BCUT2D eigenvalue weighted by Crippen LogP contribution is -2.32. The van der Waals surface area contributed by atoms with Gasteiger partial charge in [0.15, 0.2) is 0 Å². The van der Waals surface area contributed by atoms with Crippen molar-refractivity contribution < 1.29 is 4.74 Å². The molecule has 0 radical (unpaired) electrons. The summed E-state index contributed by atoms with van der Waals surface area (Å²) in [4.78, 5) is 2.32. The summed E-state index contributed by atoms with van der Waals surface area (Å²) in [6, 6.07) is 6.89. The van der Waals surface area contributed by atoms with Gasteiger partial charge in [-0.05, 0) is 37.1 Å². The standard InChI is InChI=1S/C13H19BrN2O/c1-16(12-5-7-17-9-12)13-8-11(14)3-2-10(13)4-6-15/h2-3,8,12H,4-7,9,15H2,1H3. The number of likely N-dealkylation sites (N-methyl/N-ethyl adjacent to an activating group) is 1. The molecule has 1 aromatic rings. The van der Waals surface area contributed by atoms with Gasteiger partial charge in [0, 0.05) is 23.8 Å². The zero-order valence-electron chi connectivity index (χ0n) is 10.2. The van der Waals surface area contributed by atoms with Crippen LogP contribution in [0.5, 0.6) is 0 Å². The van der Waals surface area contributed by atoms with Gasteiger partial charge in [0.1, 0.15) is 0 Å². The Labute approximate surface area is 111 Å². The highest BCUT2D eigenvalue weighted by atomic mass is 79.9. The molecule has 1 fully saturated rings.